The molecular formula is C61H70N2O. The van der Waals surface area contributed by atoms with E-state index in [1.165, 1.54) is 88.1 Å². The van der Waals surface area contributed by atoms with Crippen LogP contribution in [0.15, 0.2) is 120 Å². The van der Waals surface area contributed by atoms with Gasteiger partial charge in [-0.3, -0.25) is 0 Å². The number of nitrogens with zero attached hydrogens (tertiary/aromatic N) is 2. The number of furan rings is 1. The van der Waals surface area contributed by atoms with Crippen molar-refractivity contribution in [1.29, 1.82) is 0 Å². The number of para-hydroxylation sites is 1. The molecule has 64 heavy (non-hydrogen) atoms. The Morgan fingerprint density at radius 2 is 0.750 bits per heavy atom. The first-order chi connectivity index (χ1) is 30.1. The topological polar surface area (TPSA) is 19.6 Å². The van der Waals surface area contributed by atoms with E-state index in [-0.39, 0.29) is 32.5 Å². The number of hydrogen-bond donors (Lipinski definition) is 0. The van der Waals surface area contributed by atoms with Gasteiger partial charge >= 0.3 is 0 Å². The first kappa shape index (κ1) is 42.7. The van der Waals surface area contributed by atoms with Crippen LogP contribution in [-0.4, -0.2) is 0 Å². The first-order valence-electron chi connectivity index (χ1n) is 24.1. The number of benzene rings is 6. The van der Waals surface area contributed by atoms with Gasteiger partial charge in [0, 0.05) is 33.8 Å². The molecule has 0 saturated carbocycles. The van der Waals surface area contributed by atoms with Gasteiger partial charge in [-0.15, -0.1) is 0 Å². The molecular weight excluding hydrogens is 777 g/mol. The molecule has 0 amide bonds. The zero-order valence-corrected chi connectivity index (χ0v) is 41.0. The third kappa shape index (κ3) is 6.90. The van der Waals surface area contributed by atoms with E-state index < -0.39 is 0 Å². The molecule has 3 nitrogen and oxygen atoms in total. The van der Waals surface area contributed by atoms with Crippen LogP contribution in [0.25, 0.3) is 21.9 Å². The Morgan fingerprint density at radius 3 is 1.22 bits per heavy atom. The minimum atomic E-state index is 0.0546. The summed E-state index contributed by atoms with van der Waals surface area (Å²) in [6.45, 7) is 31.5. The summed E-state index contributed by atoms with van der Waals surface area (Å²) in [6.07, 6.45) is 7.07. The van der Waals surface area contributed by atoms with Gasteiger partial charge in [0.1, 0.15) is 11.2 Å². The van der Waals surface area contributed by atoms with Gasteiger partial charge in [-0.2, -0.15) is 0 Å². The van der Waals surface area contributed by atoms with Gasteiger partial charge in [-0.1, -0.05) is 126 Å². The Morgan fingerprint density at radius 1 is 0.359 bits per heavy atom. The summed E-state index contributed by atoms with van der Waals surface area (Å²) in [6, 6.07) is 44.4. The minimum Gasteiger partial charge on any atom is -0.456 e. The van der Waals surface area contributed by atoms with E-state index in [1.54, 1.807) is 0 Å². The molecule has 1 heterocycles. The average molecular weight is 847 g/mol. The van der Waals surface area contributed by atoms with Crippen LogP contribution in [0.3, 0.4) is 0 Å². The lowest BCUT2D eigenvalue weighted by Crippen LogP contribution is -2.34. The van der Waals surface area contributed by atoms with Crippen LogP contribution in [0.5, 0.6) is 0 Å². The van der Waals surface area contributed by atoms with Gasteiger partial charge in [0.15, 0.2) is 0 Å². The molecule has 0 unspecified atom stereocenters. The van der Waals surface area contributed by atoms with Crippen LogP contribution in [0.4, 0.5) is 34.1 Å². The maximum atomic E-state index is 6.59. The molecule has 0 bridgehead atoms. The van der Waals surface area contributed by atoms with Crippen molar-refractivity contribution in [2.24, 2.45) is 0 Å². The molecule has 0 radical (unpaired) electrons. The molecule has 0 fully saturated rings. The Hall–Kier alpha value is -5.28. The minimum absolute atomic E-state index is 0.0546. The van der Waals surface area contributed by atoms with Crippen LogP contribution in [0, 0.1) is 6.92 Å². The second-order valence-electron chi connectivity index (χ2n) is 23.9. The SMILES string of the molecule is Cc1cc(N(c2ccc3c(c2)C(C)(C)CCC3(C)C)c2ccc3c(c2)C(C)(C)CCC3(C)C)cc(N(c2ccc3c(c2)C(C)(C)CCC3(C)C)c2cccc3oc4ccccc4c23)c1. The van der Waals surface area contributed by atoms with E-state index in [1.807, 2.05) is 0 Å². The van der Waals surface area contributed by atoms with Gasteiger partial charge in [0.25, 0.3) is 0 Å². The van der Waals surface area contributed by atoms with Crippen molar-refractivity contribution in [3.8, 4) is 0 Å². The molecule has 330 valence electrons. The summed E-state index contributed by atoms with van der Waals surface area (Å²) in [5.41, 5.74) is 19.4. The Kier molecular flexibility index (Phi) is 9.57. The van der Waals surface area contributed by atoms with E-state index in [4.69, 9.17) is 4.42 Å². The van der Waals surface area contributed by atoms with Gasteiger partial charge in [-0.05, 0) is 190 Å². The zero-order valence-electron chi connectivity index (χ0n) is 41.0. The highest BCUT2D eigenvalue weighted by Crippen LogP contribution is 2.53. The molecule has 0 spiro atoms. The lowest BCUT2D eigenvalue weighted by atomic mass is 9.63. The van der Waals surface area contributed by atoms with Crippen molar-refractivity contribution in [1.82, 2.24) is 0 Å². The molecule has 0 aliphatic heterocycles. The van der Waals surface area contributed by atoms with Crippen molar-refractivity contribution >= 4 is 56.1 Å². The molecule has 3 heteroatoms. The quantitative estimate of drug-likeness (QED) is 0.166. The highest BCUT2D eigenvalue weighted by molar-refractivity contribution is 6.13. The van der Waals surface area contributed by atoms with Gasteiger partial charge in [0.05, 0.1) is 11.1 Å². The van der Waals surface area contributed by atoms with E-state index in [2.05, 4.69) is 215 Å². The summed E-state index contributed by atoms with van der Waals surface area (Å²) in [5, 5.41) is 2.26. The monoisotopic (exact) mass is 847 g/mol. The standard InChI is InChI=1S/C61H70N2O/c1-39-33-43(62(40-21-24-46-49(36-40)59(8,9)30-27-56(46,2)3)41-22-25-47-50(37-41)60(10,11)31-28-57(47,4)5)35-44(34-39)63(42-23-26-48-51(38-42)61(12,13)32-29-58(48,6)7)52-18-16-20-54-55(52)45-17-14-15-19-53(45)64-54/h14-26,33-38H,27-32H2,1-13H3. The summed E-state index contributed by atoms with van der Waals surface area (Å²) in [5.74, 6) is 0. The summed E-state index contributed by atoms with van der Waals surface area (Å²) in [7, 11) is 0. The van der Waals surface area contributed by atoms with Crippen LogP contribution in [0.2, 0.25) is 0 Å². The van der Waals surface area contributed by atoms with Crippen LogP contribution in [-0.2, 0) is 32.5 Å². The smallest absolute Gasteiger partial charge is 0.137 e. The third-order valence-corrected chi connectivity index (χ3v) is 16.5. The Balaban J connectivity index is 1.24. The maximum absolute atomic E-state index is 6.59. The Bertz CT molecular complexity index is 2910. The molecule has 10 rings (SSSR count). The molecule has 7 aromatic rings. The van der Waals surface area contributed by atoms with Crippen LogP contribution in [0.1, 0.15) is 161 Å². The van der Waals surface area contributed by atoms with Gasteiger partial charge in [0.2, 0.25) is 0 Å². The predicted octanol–water partition coefficient (Wildman–Crippen LogP) is 17.9. The highest BCUT2D eigenvalue weighted by Gasteiger charge is 2.41. The van der Waals surface area contributed by atoms with Crippen molar-refractivity contribution in [2.45, 2.75) is 161 Å². The summed E-state index contributed by atoms with van der Waals surface area (Å²) < 4.78 is 6.59. The number of aryl methyl sites for hydroxylation is 1. The van der Waals surface area contributed by atoms with Crippen molar-refractivity contribution in [3.63, 3.8) is 0 Å². The van der Waals surface area contributed by atoms with Crippen molar-refractivity contribution < 1.29 is 4.42 Å². The second-order valence-corrected chi connectivity index (χ2v) is 23.9. The predicted molar refractivity (Wildman–Crippen MR) is 274 cm³/mol. The molecule has 0 N–H and O–H groups in total. The lowest BCUT2D eigenvalue weighted by Gasteiger charge is -2.43. The van der Waals surface area contributed by atoms with Crippen LogP contribution >= 0.6 is 0 Å². The molecule has 3 aliphatic carbocycles. The van der Waals surface area contributed by atoms with Crippen LogP contribution < -0.4 is 9.80 Å². The van der Waals surface area contributed by atoms with Crippen molar-refractivity contribution in [2.75, 3.05) is 9.80 Å². The van der Waals surface area contributed by atoms with E-state index in [0.29, 0.717) is 0 Å². The Labute approximate surface area is 383 Å². The molecule has 1 aromatic heterocycles. The molecule has 0 atom stereocenters. The van der Waals surface area contributed by atoms with Crippen molar-refractivity contribution in [3.05, 3.63) is 154 Å². The molecule has 3 aliphatic rings. The fourth-order valence-corrected chi connectivity index (χ4v) is 12.0. The number of fused-ring (bicyclic) bond motifs is 6. The maximum Gasteiger partial charge on any atom is 0.137 e. The summed E-state index contributed by atoms with van der Waals surface area (Å²) >= 11 is 0. The number of anilines is 6. The third-order valence-electron chi connectivity index (χ3n) is 16.5. The molecule has 0 saturated heterocycles. The fourth-order valence-electron chi connectivity index (χ4n) is 12.0. The normalized spacial score (nSPS) is 19.7. The number of rotatable bonds is 6. The van der Waals surface area contributed by atoms with Gasteiger partial charge in [-0.25, -0.2) is 0 Å². The largest absolute Gasteiger partial charge is 0.456 e. The first-order valence-corrected chi connectivity index (χ1v) is 24.1. The van der Waals surface area contributed by atoms with E-state index >= 15 is 0 Å². The van der Waals surface area contributed by atoms with Gasteiger partial charge < -0.3 is 14.2 Å². The highest BCUT2D eigenvalue weighted by atomic mass is 16.3. The second kappa shape index (κ2) is 14.4. The zero-order chi connectivity index (χ0) is 45.4. The summed E-state index contributed by atoms with van der Waals surface area (Å²) in [4.78, 5) is 5.09. The number of hydrogen-bond acceptors (Lipinski definition) is 3. The fraction of sp³-hybridized carbons (Fsp3) is 0.410. The molecule has 6 aromatic carbocycles. The average Bonchev–Trinajstić information content (AvgIpc) is 3.63. The van der Waals surface area contributed by atoms with E-state index in [9.17, 15) is 0 Å². The van der Waals surface area contributed by atoms with E-state index in [0.717, 1.165) is 45.4 Å². The lowest BCUT2D eigenvalue weighted by molar-refractivity contribution is 0.332.